The van der Waals surface area contributed by atoms with Crippen molar-refractivity contribution in [3.63, 3.8) is 0 Å². The molecule has 1 aromatic carbocycles. The van der Waals surface area contributed by atoms with Crippen LogP contribution in [0.15, 0.2) is 12.1 Å². The lowest BCUT2D eigenvalue weighted by Crippen LogP contribution is -2.48. The van der Waals surface area contributed by atoms with Gasteiger partial charge < -0.3 is 20.5 Å². The molecule has 1 fully saturated rings. The maximum absolute atomic E-state index is 12.3. The van der Waals surface area contributed by atoms with Crippen molar-refractivity contribution in [1.29, 1.82) is 0 Å². The number of nitrogens with zero attached hydrogens (tertiary/aromatic N) is 1. The Morgan fingerprint density at radius 3 is 2.52 bits per heavy atom. The number of carbonyl (C=O) groups excluding carboxylic acids is 1. The molecule has 1 aromatic rings. The van der Waals surface area contributed by atoms with Crippen LogP contribution in [-0.2, 0) is 4.79 Å². The molecule has 2 aliphatic rings. The van der Waals surface area contributed by atoms with E-state index in [4.69, 9.17) is 15.2 Å². The Balaban J connectivity index is 1.91. The van der Waals surface area contributed by atoms with Crippen molar-refractivity contribution in [1.82, 2.24) is 0 Å². The van der Waals surface area contributed by atoms with Crippen molar-refractivity contribution in [3.05, 3.63) is 22.2 Å². The van der Waals surface area contributed by atoms with Gasteiger partial charge in [0.2, 0.25) is 12.7 Å². The van der Waals surface area contributed by atoms with Crippen molar-refractivity contribution in [2.75, 3.05) is 12.1 Å². The minimum absolute atomic E-state index is 0.00468. The highest BCUT2D eigenvalue weighted by molar-refractivity contribution is 6.00. The van der Waals surface area contributed by atoms with Gasteiger partial charge in [0.25, 0.3) is 5.69 Å². The first-order valence-electron chi connectivity index (χ1n) is 6.68. The number of rotatable bonds is 3. The van der Waals surface area contributed by atoms with Crippen molar-refractivity contribution >= 4 is 17.3 Å². The summed E-state index contributed by atoms with van der Waals surface area (Å²) in [5.41, 5.74) is 4.93. The molecule has 1 heterocycles. The Bertz CT molecular complexity index is 610. The summed E-state index contributed by atoms with van der Waals surface area (Å²) in [5, 5.41) is 13.7. The quantitative estimate of drug-likeness (QED) is 0.644. The number of nitrogens with two attached hydrogens (primary N) is 1. The summed E-state index contributed by atoms with van der Waals surface area (Å²) in [4.78, 5) is 22.8. The summed E-state index contributed by atoms with van der Waals surface area (Å²) in [6.45, 7) is 0.00468. The van der Waals surface area contributed by atoms with Crippen LogP contribution >= 0.6 is 0 Å². The molecule has 21 heavy (non-hydrogen) atoms. The van der Waals surface area contributed by atoms with Gasteiger partial charge >= 0.3 is 0 Å². The van der Waals surface area contributed by atoms with E-state index in [0.29, 0.717) is 24.3 Å². The first-order valence-corrected chi connectivity index (χ1v) is 6.68. The van der Waals surface area contributed by atoms with Crippen LogP contribution in [0.2, 0.25) is 0 Å². The first kappa shape index (κ1) is 13.6. The number of amides is 1. The van der Waals surface area contributed by atoms with E-state index in [1.807, 2.05) is 0 Å². The normalized spacial score (nSPS) is 18.5. The van der Waals surface area contributed by atoms with Gasteiger partial charge in [-0.3, -0.25) is 14.9 Å². The molecule has 1 aliphatic carbocycles. The topological polar surface area (TPSA) is 117 Å². The van der Waals surface area contributed by atoms with E-state index in [1.54, 1.807) is 0 Å². The summed E-state index contributed by atoms with van der Waals surface area (Å²) < 4.78 is 10.3. The highest BCUT2D eigenvalue weighted by Crippen LogP contribution is 2.41. The van der Waals surface area contributed by atoms with Crippen LogP contribution in [0.5, 0.6) is 11.5 Å². The molecule has 3 rings (SSSR count). The van der Waals surface area contributed by atoms with E-state index < -0.39 is 16.4 Å². The fourth-order valence-corrected chi connectivity index (χ4v) is 2.66. The van der Waals surface area contributed by atoms with Crippen molar-refractivity contribution in [3.8, 4) is 11.5 Å². The Labute approximate surface area is 120 Å². The minimum atomic E-state index is -0.954. The molecule has 8 heteroatoms. The van der Waals surface area contributed by atoms with Crippen LogP contribution in [0.1, 0.15) is 25.7 Å². The van der Waals surface area contributed by atoms with Gasteiger partial charge in [-0.1, -0.05) is 12.8 Å². The number of carbonyl (C=O) groups is 1. The zero-order valence-corrected chi connectivity index (χ0v) is 11.3. The summed E-state index contributed by atoms with van der Waals surface area (Å²) in [5.74, 6) is 0.262. The number of fused-ring (bicyclic) bond motifs is 1. The molecular weight excluding hydrogens is 278 g/mol. The van der Waals surface area contributed by atoms with Crippen LogP contribution in [0, 0.1) is 10.1 Å². The molecule has 0 bridgehead atoms. The minimum Gasteiger partial charge on any atom is -0.454 e. The molecule has 0 unspecified atom stereocenters. The standard InChI is InChI=1S/C13H15N3O5/c14-13(3-1-2-4-13)12(17)15-8-5-10-11(21-7-20-10)6-9(8)16(18)19/h5-6H,1-4,7,14H2,(H,15,17). The molecule has 0 saturated heterocycles. The lowest BCUT2D eigenvalue weighted by molar-refractivity contribution is -0.384. The van der Waals surface area contributed by atoms with Gasteiger partial charge in [-0.2, -0.15) is 0 Å². The Morgan fingerprint density at radius 2 is 1.90 bits per heavy atom. The van der Waals surface area contributed by atoms with E-state index in [1.165, 1.54) is 12.1 Å². The molecular formula is C13H15N3O5. The zero-order valence-electron chi connectivity index (χ0n) is 11.3. The molecule has 0 radical (unpaired) electrons. The lowest BCUT2D eigenvalue weighted by atomic mass is 9.98. The van der Waals surface area contributed by atoms with Gasteiger partial charge in [-0.15, -0.1) is 0 Å². The zero-order chi connectivity index (χ0) is 15.0. The van der Waals surface area contributed by atoms with Gasteiger partial charge in [0, 0.05) is 6.07 Å². The van der Waals surface area contributed by atoms with E-state index >= 15 is 0 Å². The van der Waals surface area contributed by atoms with E-state index in [9.17, 15) is 14.9 Å². The fraction of sp³-hybridized carbons (Fsp3) is 0.462. The van der Waals surface area contributed by atoms with Crippen LogP contribution in [0.3, 0.4) is 0 Å². The van der Waals surface area contributed by atoms with Crippen LogP contribution < -0.4 is 20.5 Å². The molecule has 112 valence electrons. The number of nitro benzene ring substituents is 1. The molecule has 0 spiro atoms. The summed E-state index contributed by atoms with van der Waals surface area (Å²) in [6, 6.07) is 2.65. The third-order valence-electron chi connectivity index (χ3n) is 3.88. The first-order chi connectivity index (χ1) is 9.99. The van der Waals surface area contributed by atoms with Crippen LogP contribution in [-0.4, -0.2) is 23.2 Å². The highest BCUT2D eigenvalue weighted by atomic mass is 16.7. The van der Waals surface area contributed by atoms with E-state index in [-0.39, 0.29) is 18.2 Å². The van der Waals surface area contributed by atoms with Crippen molar-refractivity contribution in [2.24, 2.45) is 5.73 Å². The second-order valence-electron chi connectivity index (χ2n) is 5.30. The second-order valence-corrected chi connectivity index (χ2v) is 5.30. The van der Waals surface area contributed by atoms with Gasteiger partial charge in [0.1, 0.15) is 5.69 Å². The van der Waals surface area contributed by atoms with Gasteiger partial charge in [0.15, 0.2) is 11.5 Å². The van der Waals surface area contributed by atoms with Gasteiger partial charge in [-0.25, -0.2) is 0 Å². The highest BCUT2D eigenvalue weighted by Gasteiger charge is 2.38. The average molecular weight is 293 g/mol. The Kier molecular flexibility index (Phi) is 3.17. The third kappa shape index (κ3) is 2.38. The smallest absolute Gasteiger partial charge is 0.296 e. The molecule has 0 aromatic heterocycles. The average Bonchev–Trinajstić information content (AvgIpc) is 3.06. The molecule has 1 aliphatic heterocycles. The molecule has 1 amide bonds. The summed E-state index contributed by atoms with van der Waals surface area (Å²) >= 11 is 0. The van der Waals surface area contributed by atoms with Gasteiger partial charge in [-0.05, 0) is 12.8 Å². The molecule has 0 atom stereocenters. The van der Waals surface area contributed by atoms with Crippen LogP contribution in [0.4, 0.5) is 11.4 Å². The maximum atomic E-state index is 12.3. The number of ether oxygens (including phenoxy) is 2. The number of nitrogens with one attached hydrogen (secondary N) is 1. The van der Waals surface area contributed by atoms with Crippen LogP contribution in [0.25, 0.3) is 0 Å². The molecule has 1 saturated carbocycles. The predicted octanol–water partition coefficient (Wildman–Crippen LogP) is 1.53. The van der Waals surface area contributed by atoms with Crippen molar-refractivity contribution in [2.45, 2.75) is 31.2 Å². The molecule has 3 N–H and O–H groups in total. The number of anilines is 1. The van der Waals surface area contributed by atoms with Crippen molar-refractivity contribution < 1.29 is 19.2 Å². The number of benzene rings is 1. The number of hydrogen-bond donors (Lipinski definition) is 2. The lowest BCUT2D eigenvalue weighted by Gasteiger charge is -2.22. The summed E-state index contributed by atoms with van der Waals surface area (Å²) in [7, 11) is 0. The fourth-order valence-electron chi connectivity index (χ4n) is 2.66. The van der Waals surface area contributed by atoms with Gasteiger partial charge in [0.05, 0.1) is 16.5 Å². The number of hydrogen-bond acceptors (Lipinski definition) is 6. The predicted molar refractivity (Wildman–Crippen MR) is 73.2 cm³/mol. The third-order valence-corrected chi connectivity index (χ3v) is 3.88. The number of nitro groups is 1. The van der Waals surface area contributed by atoms with E-state index in [0.717, 1.165) is 12.8 Å². The Morgan fingerprint density at radius 1 is 1.29 bits per heavy atom. The SMILES string of the molecule is NC1(C(=O)Nc2cc3c(cc2[N+](=O)[O-])OCO3)CCCC1. The maximum Gasteiger partial charge on any atom is 0.296 e. The molecule has 8 nitrogen and oxygen atoms in total. The monoisotopic (exact) mass is 293 g/mol. The summed E-state index contributed by atoms with van der Waals surface area (Å²) in [6.07, 6.45) is 2.93. The largest absolute Gasteiger partial charge is 0.454 e. The van der Waals surface area contributed by atoms with E-state index in [2.05, 4.69) is 5.32 Å². The second kappa shape index (κ2) is 4.88. The Hall–Kier alpha value is -2.35.